The molecule has 0 bridgehead atoms. The summed E-state index contributed by atoms with van der Waals surface area (Å²) in [6, 6.07) is 11.6. The first-order chi connectivity index (χ1) is 14.1. The van der Waals surface area contributed by atoms with Gasteiger partial charge in [-0.05, 0) is 30.9 Å². The van der Waals surface area contributed by atoms with Gasteiger partial charge in [0.05, 0.1) is 5.60 Å². The van der Waals surface area contributed by atoms with Crippen LogP contribution in [-0.2, 0) is 5.60 Å². The summed E-state index contributed by atoms with van der Waals surface area (Å²) < 4.78 is 1.65. The summed E-state index contributed by atoms with van der Waals surface area (Å²) in [5.41, 5.74) is 0.523. The summed E-state index contributed by atoms with van der Waals surface area (Å²) in [5, 5.41) is 11.9. The zero-order valence-electron chi connectivity index (χ0n) is 16.0. The van der Waals surface area contributed by atoms with Crippen LogP contribution in [0.2, 0.25) is 5.15 Å². The van der Waals surface area contributed by atoms with E-state index in [9.17, 15) is 9.90 Å². The number of nitrogens with zero attached hydrogens (tertiary/aromatic N) is 4. The first-order valence-electron chi connectivity index (χ1n) is 10.2. The Morgan fingerprint density at radius 1 is 1.17 bits per heavy atom. The fraction of sp³-hybridized carbons (Fsp3) is 0.409. The minimum Gasteiger partial charge on any atom is -0.385 e. The minimum atomic E-state index is -0.906. The molecule has 0 unspecified atom stereocenters. The highest BCUT2D eigenvalue weighted by Crippen LogP contribution is 2.47. The van der Waals surface area contributed by atoms with Crippen LogP contribution in [0.15, 0.2) is 48.8 Å². The molecule has 2 aliphatic rings. The lowest BCUT2D eigenvalue weighted by Gasteiger charge is -2.52. The normalized spacial score (nSPS) is 27.0. The highest BCUT2D eigenvalue weighted by Gasteiger charge is 2.50. The van der Waals surface area contributed by atoms with Crippen molar-refractivity contribution < 1.29 is 9.90 Å². The van der Waals surface area contributed by atoms with E-state index >= 15 is 0 Å². The number of amides is 1. The number of rotatable bonds is 2. The Hall–Kier alpha value is -2.44. The average molecular weight is 411 g/mol. The number of fused-ring (bicyclic) bond motifs is 2. The smallest absolute Gasteiger partial charge is 0.290 e. The quantitative estimate of drug-likeness (QED) is 0.699. The molecule has 1 aromatic carbocycles. The molecule has 5 rings (SSSR count). The van der Waals surface area contributed by atoms with Crippen LogP contribution in [0.25, 0.3) is 5.65 Å². The van der Waals surface area contributed by atoms with Crippen LogP contribution in [0.4, 0.5) is 0 Å². The predicted octanol–water partition coefficient (Wildman–Crippen LogP) is 3.68. The van der Waals surface area contributed by atoms with Gasteiger partial charge in [0, 0.05) is 30.9 Å². The SMILES string of the molecule is O=C(c1nc(Cl)c2ncccn12)N1CC[C@](O)(c2ccccc2)[C@H]2CCCC[C@H]21. The number of aliphatic hydroxyl groups is 1. The monoisotopic (exact) mass is 410 g/mol. The Morgan fingerprint density at radius 2 is 1.97 bits per heavy atom. The highest BCUT2D eigenvalue weighted by molar-refractivity contribution is 6.32. The van der Waals surface area contributed by atoms with E-state index in [-0.39, 0.29) is 28.8 Å². The summed E-state index contributed by atoms with van der Waals surface area (Å²) >= 11 is 6.22. The molecule has 29 heavy (non-hydrogen) atoms. The standard InChI is InChI=1S/C22H23ClN4O2/c23-18-19-24-12-6-13-27(19)20(25-18)21(28)26-14-11-22(29,15-7-2-1-3-8-15)16-9-4-5-10-17(16)26/h1-3,6-8,12-13,16-17,29H,4-5,9-11,14H2/t16-,17+,22-/m0/s1. The van der Waals surface area contributed by atoms with Crippen molar-refractivity contribution in [1.29, 1.82) is 0 Å². The molecular formula is C22H23ClN4O2. The molecule has 150 valence electrons. The molecule has 2 fully saturated rings. The molecule has 1 saturated carbocycles. The molecule has 3 aromatic rings. The second-order valence-corrected chi connectivity index (χ2v) is 8.39. The van der Waals surface area contributed by atoms with Gasteiger partial charge in [0.25, 0.3) is 5.91 Å². The molecule has 6 nitrogen and oxygen atoms in total. The van der Waals surface area contributed by atoms with Gasteiger partial charge in [0.1, 0.15) is 0 Å². The number of hydrogen-bond acceptors (Lipinski definition) is 4. The fourth-order valence-electron chi connectivity index (χ4n) is 5.19. The van der Waals surface area contributed by atoms with E-state index in [1.165, 1.54) is 0 Å². The summed E-state index contributed by atoms with van der Waals surface area (Å²) in [5.74, 6) is 0.149. The number of imidazole rings is 1. The number of halogens is 1. The largest absolute Gasteiger partial charge is 0.385 e. The maximum absolute atomic E-state index is 13.5. The van der Waals surface area contributed by atoms with Crippen molar-refractivity contribution in [2.75, 3.05) is 6.54 Å². The van der Waals surface area contributed by atoms with Gasteiger partial charge in [-0.3, -0.25) is 9.20 Å². The van der Waals surface area contributed by atoms with Crippen molar-refractivity contribution in [2.45, 2.75) is 43.7 Å². The third kappa shape index (κ3) is 2.93. The predicted molar refractivity (Wildman–Crippen MR) is 110 cm³/mol. The number of likely N-dealkylation sites (tertiary alicyclic amines) is 1. The van der Waals surface area contributed by atoms with Gasteiger partial charge in [-0.15, -0.1) is 0 Å². The molecule has 1 aliphatic carbocycles. The highest BCUT2D eigenvalue weighted by atomic mass is 35.5. The van der Waals surface area contributed by atoms with E-state index < -0.39 is 5.60 Å². The second kappa shape index (κ2) is 7.11. The molecule has 1 amide bonds. The van der Waals surface area contributed by atoms with Crippen LogP contribution in [0.5, 0.6) is 0 Å². The van der Waals surface area contributed by atoms with E-state index in [1.54, 1.807) is 22.9 Å². The fourth-order valence-corrected chi connectivity index (χ4v) is 5.41. The number of benzene rings is 1. The maximum Gasteiger partial charge on any atom is 0.290 e. The molecule has 0 radical (unpaired) electrons. The van der Waals surface area contributed by atoms with E-state index in [1.807, 2.05) is 35.2 Å². The van der Waals surface area contributed by atoms with Gasteiger partial charge in [-0.25, -0.2) is 9.97 Å². The van der Waals surface area contributed by atoms with E-state index in [2.05, 4.69) is 9.97 Å². The van der Waals surface area contributed by atoms with E-state index in [0.29, 0.717) is 18.6 Å². The van der Waals surface area contributed by atoms with Crippen LogP contribution in [0.3, 0.4) is 0 Å². The molecule has 3 atom stereocenters. The Balaban J connectivity index is 1.51. The van der Waals surface area contributed by atoms with Crippen LogP contribution in [-0.4, -0.2) is 42.9 Å². The topological polar surface area (TPSA) is 70.7 Å². The number of piperidine rings is 1. The third-order valence-electron chi connectivity index (χ3n) is 6.57. The average Bonchev–Trinajstić information content (AvgIpc) is 3.11. The van der Waals surface area contributed by atoms with Crippen LogP contribution >= 0.6 is 11.6 Å². The molecule has 2 aromatic heterocycles. The van der Waals surface area contributed by atoms with Crippen molar-refractivity contribution in [1.82, 2.24) is 19.3 Å². The Bertz CT molecular complexity index is 1050. The molecule has 1 aliphatic heterocycles. The Morgan fingerprint density at radius 3 is 2.79 bits per heavy atom. The molecule has 0 spiro atoms. The second-order valence-electron chi connectivity index (χ2n) is 8.04. The molecule has 3 heterocycles. The summed E-state index contributed by atoms with van der Waals surface area (Å²) in [4.78, 5) is 23.9. The van der Waals surface area contributed by atoms with Crippen molar-refractivity contribution in [3.8, 4) is 0 Å². The van der Waals surface area contributed by atoms with E-state index in [4.69, 9.17) is 11.6 Å². The van der Waals surface area contributed by atoms with Gasteiger partial charge in [0.2, 0.25) is 5.82 Å². The lowest BCUT2D eigenvalue weighted by Crippen LogP contribution is -2.59. The molecule has 1 N–H and O–H groups in total. The lowest BCUT2D eigenvalue weighted by atomic mass is 9.66. The summed E-state index contributed by atoms with van der Waals surface area (Å²) in [6.07, 6.45) is 7.83. The van der Waals surface area contributed by atoms with Gasteiger partial charge in [-0.2, -0.15) is 0 Å². The zero-order valence-corrected chi connectivity index (χ0v) is 16.8. The first-order valence-corrected chi connectivity index (χ1v) is 10.5. The van der Waals surface area contributed by atoms with Crippen LogP contribution < -0.4 is 0 Å². The number of aromatic nitrogens is 3. The maximum atomic E-state index is 13.5. The number of carbonyl (C=O) groups excluding carboxylic acids is 1. The molecule has 1 saturated heterocycles. The van der Waals surface area contributed by atoms with Crippen molar-refractivity contribution in [3.05, 3.63) is 65.3 Å². The first kappa shape index (κ1) is 18.6. The minimum absolute atomic E-state index is 0.0103. The van der Waals surface area contributed by atoms with Gasteiger partial charge < -0.3 is 10.0 Å². The Kier molecular flexibility index (Phi) is 4.56. The van der Waals surface area contributed by atoms with Crippen LogP contribution in [0, 0.1) is 5.92 Å². The summed E-state index contributed by atoms with van der Waals surface area (Å²) in [6.45, 7) is 0.484. The Labute approximate surface area is 174 Å². The zero-order chi connectivity index (χ0) is 20.0. The number of carbonyl (C=O) groups is 1. The van der Waals surface area contributed by atoms with Crippen molar-refractivity contribution in [3.63, 3.8) is 0 Å². The van der Waals surface area contributed by atoms with Crippen molar-refractivity contribution in [2.24, 2.45) is 5.92 Å². The van der Waals surface area contributed by atoms with Gasteiger partial charge in [0.15, 0.2) is 10.8 Å². The molecular weight excluding hydrogens is 388 g/mol. The lowest BCUT2D eigenvalue weighted by molar-refractivity contribution is -0.110. The van der Waals surface area contributed by atoms with Gasteiger partial charge >= 0.3 is 0 Å². The third-order valence-corrected chi connectivity index (χ3v) is 6.82. The summed E-state index contributed by atoms with van der Waals surface area (Å²) in [7, 11) is 0. The van der Waals surface area contributed by atoms with Crippen molar-refractivity contribution >= 4 is 23.2 Å². The molecule has 7 heteroatoms. The van der Waals surface area contributed by atoms with Gasteiger partial charge in [-0.1, -0.05) is 54.8 Å². The van der Waals surface area contributed by atoms with E-state index in [0.717, 1.165) is 31.2 Å². The van der Waals surface area contributed by atoms with Crippen LogP contribution in [0.1, 0.15) is 48.3 Å². The number of hydrogen-bond donors (Lipinski definition) is 1.